The van der Waals surface area contributed by atoms with E-state index in [-0.39, 0.29) is 24.6 Å². The summed E-state index contributed by atoms with van der Waals surface area (Å²) in [6, 6.07) is 30.2. The Kier molecular flexibility index (Phi) is 8.90. The number of carbonyl (C=O) groups excluding carboxylic acids is 4. The summed E-state index contributed by atoms with van der Waals surface area (Å²) >= 11 is 2.87. The minimum Gasteiger partial charge on any atom is -0.457 e. The van der Waals surface area contributed by atoms with Gasteiger partial charge < -0.3 is 14.8 Å². The zero-order chi connectivity index (χ0) is 30.5. The maximum atomic E-state index is 14.0. The Morgan fingerprint density at radius 1 is 0.841 bits per heavy atom. The number of ether oxygens (including phenoxy) is 2. The second-order valence-electron chi connectivity index (χ2n) is 10.2. The van der Waals surface area contributed by atoms with Crippen molar-refractivity contribution in [3.05, 3.63) is 141 Å². The topological polar surface area (TPSA) is 102 Å². The highest BCUT2D eigenvalue weighted by Crippen LogP contribution is 2.42. The van der Waals surface area contributed by atoms with Gasteiger partial charge in [-0.05, 0) is 34.7 Å². The van der Waals surface area contributed by atoms with E-state index >= 15 is 0 Å². The molecule has 6 rings (SSSR count). The first kappa shape index (κ1) is 29.4. The zero-order valence-corrected chi connectivity index (χ0v) is 25.1. The lowest BCUT2D eigenvalue weighted by molar-refractivity contribution is -0.154. The third-order valence-corrected chi connectivity index (χ3v) is 9.50. The van der Waals surface area contributed by atoms with Crippen molar-refractivity contribution < 1.29 is 28.7 Å². The van der Waals surface area contributed by atoms with Gasteiger partial charge in [0.15, 0.2) is 6.10 Å². The van der Waals surface area contributed by atoms with Crippen LogP contribution in [0.2, 0.25) is 0 Å². The summed E-state index contributed by atoms with van der Waals surface area (Å²) < 4.78 is 11.7. The highest BCUT2D eigenvalue weighted by Gasteiger charge is 2.54. The molecule has 2 aliphatic heterocycles. The first-order chi connectivity index (χ1) is 21.5. The van der Waals surface area contributed by atoms with Crippen molar-refractivity contribution in [2.75, 3.05) is 12.4 Å². The third kappa shape index (κ3) is 6.31. The molecule has 0 saturated carbocycles. The standard InChI is InChI=1S/C34H28N2O6S2/c37-27(19-26-17-10-18-43-26)35-28-31(38)36-29(25(21-44-32(28)36)20-41-33(39)24-15-8-3-9-16-24)34(40)42-30(22-11-4-1-5-12-22)23-13-6-2-7-14-23/h1-18,28,30,32H,19-21H2,(H,35,37)/t28-,32+/m1/s1. The molecule has 0 spiro atoms. The van der Waals surface area contributed by atoms with Gasteiger partial charge in [-0.3, -0.25) is 14.5 Å². The van der Waals surface area contributed by atoms with Crippen molar-refractivity contribution in [2.24, 2.45) is 0 Å². The number of carbonyl (C=O) groups is 4. The Bertz CT molecular complexity index is 1640. The molecule has 3 aromatic carbocycles. The lowest BCUT2D eigenvalue weighted by Crippen LogP contribution is -2.70. The average molecular weight is 625 g/mol. The van der Waals surface area contributed by atoms with Crippen LogP contribution in [0, 0.1) is 0 Å². The summed E-state index contributed by atoms with van der Waals surface area (Å²) in [6.07, 6.45) is -0.573. The van der Waals surface area contributed by atoms with Gasteiger partial charge in [0.05, 0.1) is 12.0 Å². The summed E-state index contributed by atoms with van der Waals surface area (Å²) in [7, 11) is 0. The third-order valence-electron chi connectivity index (χ3n) is 7.29. The number of benzene rings is 3. The van der Waals surface area contributed by atoms with E-state index in [0.29, 0.717) is 16.9 Å². The molecule has 2 amide bonds. The number of nitrogens with one attached hydrogen (secondary N) is 1. The van der Waals surface area contributed by atoms with Crippen molar-refractivity contribution in [2.45, 2.75) is 23.9 Å². The van der Waals surface area contributed by atoms with Gasteiger partial charge >= 0.3 is 11.9 Å². The van der Waals surface area contributed by atoms with Crippen LogP contribution in [0.5, 0.6) is 0 Å². The van der Waals surface area contributed by atoms with Crippen LogP contribution in [0.15, 0.2) is 120 Å². The zero-order valence-electron chi connectivity index (χ0n) is 23.5. The predicted octanol–water partition coefficient (Wildman–Crippen LogP) is 5.13. The second kappa shape index (κ2) is 13.3. The van der Waals surface area contributed by atoms with Gasteiger partial charge in [-0.2, -0.15) is 0 Å². The Balaban J connectivity index is 1.27. The van der Waals surface area contributed by atoms with Crippen LogP contribution in [0.3, 0.4) is 0 Å². The van der Waals surface area contributed by atoms with Gasteiger partial charge in [-0.25, -0.2) is 9.59 Å². The molecular formula is C34H28N2O6S2. The number of thiophene rings is 1. The van der Waals surface area contributed by atoms with E-state index < -0.39 is 35.4 Å². The average Bonchev–Trinajstić information content (AvgIpc) is 3.58. The number of hydrogen-bond donors (Lipinski definition) is 1. The maximum Gasteiger partial charge on any atom is 0.356 e. The first-order valence-corrected chi connectivity index (χ1v) is 15.9. The highest BCUT2D eigenvalue weighted by atomic mass is 32.2. The molecule has 10 heteroatoms. The van der Waals surface area contributed by atoms with Gasteiger partial charge in [-0.15, -0.1) is 23.1 Å². The van der Waals surface area contributed by atoms with Crippen LogP contribution in [0.4, 0.5) is 0 Å². The van der Waals surface area contributed by atoms with Gasteiger partial charge in [0.2, 0.25) is 5.91 Å². The number of hydrogen-bond acceptors (Lipinski definition) is 8. The lowest BCUT2D eigenvalue weighted by Gasteiger charge is -2.49. The molecule has 1 saturated heterocycles. The fraction of sp³-hybridized carbons (Fsp3) is 0.176. The largest absolute Gasteiger partial charge is 0.457 e. The van der Waals surface area contributed by atoms with Gasteiger partial charge in [0.1, 0.15) is 23.7 Å². The van der Waals surface area contributed by atoms with Crippen molar-refractivity contribution in [1.29, 1.82) is 0 Å². The second-order valence-corrected chi connectivity index (χ2v) is 12.3. The van der Waals surface area contributed by atoms with Crippen molar-refractivity contribution in [3.8, 4) is 0 Å². The van der Waals surface area contributed by atoms with E-state index in [1.165, 1.54) is 28.0 Å². The van der Waals surface area contributed by atoms with Crippen LogP contribution < -0.4 is 5.32 Å². The molecular weight excluding hydrogens is 597 g/mol. The Morgan fingerprint density at radius 3 is 2.09 bits per heavy atom. The molecule has 8 nitrogen and oxygen atoms in total. The molecule has 0 radical (unpaired) electrons. The summed E-state index contributed by atoms with van der Waals surface area (Å²) in [4.78, 5) is 55.3. The highest BCUT2D eigenvalue weighted by molar-refractivity contribution is 8.00. The smallest absolute Gasteiger partial charge is 0.356 e. The van der Waals surface area contributed by atoms with Crippen LogP contribution in [-0.2, 0) is 30.3 Å². The van der Waals surface area contributed by atoms with Crippen LogP contribution in [-0.4, -0.2) is 52.4 Å². The lowest BCUT2D eigenvalue weighted by atomic mass is 10.0. The van der Waals surface area contributed by atoms with Crippen molar-refractivity contribution in [3.63, 3.8) is 0 Å². The van der Waals surface area contributed by atoms with Gasteiger partial charge in [-0.1, -0.05) is 84.9 Å². The van der Waals surface area contributed by atoms with E-state index in [1.54, 1.807) is 30.3 Å². The summed E-state index contributed by atoms with van der Waals surface area (Å²) in [5.74, 6) is -1.64. The molecule has 1 aromatic heterocycles. The number of nitrogens with zero attached hydrogens (tertiary/aromatic N) is 1. The number of thioether (sulfide) groups is 1. The minimum absolute atomic E-state index is 0.0419. The van der Waals surface area contributed by atoms with E-state index in [2.05, 4.69) is 5.32 Å². The summed E-state index contributed by atoms with van der Waals surface area (Å²) in [5.41, 5.74) is 2.40. The minimum atomic E-state index is -0.789. The SMILES string of the molecule is O=C(Cc1cccs1)N[C@@H]1C(=O)N2C(C(=O)OC(c3ccccc3)c3ccccc3)=C(COC(=O)c3ccccc3)CS[C@@H]12. The number of β-lactam (4-membered cyclic amide) rings is 1. The van der Waals surface area contributed by atoms with Crippen LogP contribution in [0.1, 0.15) is 32.5 Å². The Labute approximate surface area is 262 Å². The molecule has 0 unspecified atom stereocenters. The summed E-state index contributed by atoms with van der Waals surface area (Å²) in [6.45, 7) is -0.196. The Hall–Kier alpha value is -4.67. The number of rotatable bonds is 10. The fourth-order valence-corrected chi connectivity index (χ4v) is 7.17. The fourth-order valence-electron chi connectivity index (χ4n) is 5.14. The van der Waals surface area contributed by atoms with Crippen molar-refractivity contribution in [1.82, 2.24) is 10.2 Å². The molecule has 0 bridgehead atoms. The molecule has 1 N–H and O–H groups in total. The van der Waals surface area contributed by atoms with E-state index in [1.807, 2.05) is 78.2 Å². The van der Waals surface area contributed by atoms with Gasteiger partial charge in [0, 0.05) is 16.2 Å². The maximum absolute atomic E-state index is 14.0. The van der Waals surface area contributed by atoms with Crippen molar-refractivity contribution >= 4 is 46.9 Å². The molecule has 44 heavy (non-hydrogen) atoms. The Morgan fingerprint density at radius 2 is 1.48 bits per heavy atom. The van der Waals surface area contributed by atoms with Crippen LogP contribution in [0.25, 0.3) is 0 Å². The first-order valence-electron chi connectivity index (χ1n) is 14.0. The van der Waals surface area contributed by atoms with Crippen LogP contribution >= 0.6 is 23.1 Å². The predicted molar refractivity (Wildman–Crippen MR) is 168 cm³/mol. The quantitative estimate of drug-likeness (QED) is 0.193. The van der Waals surface area contributed by atoms with E-state index in [0.717, 1.165) is 16.0 Å². The van der Waals surface area contributed by atoms with E-state index in [4.69, 9.17) is 9.47 Å². The monoisotopic (exact) mass is 624 g/mol. The normalized spacial score (nSPS) is 17.5. The summed E-state index contributed by atoms with van der Waals surface area (Å²) in [5, 5.41) is 4.23. The molecule has 4 aromatic rings. The molecule has 2 atom stereocenters. The number of fused-ring (bicyclic) bond motifs is 1. The van der Waals surface area contributed by atoms with Gasteiger partial charge in [0.25, 0.3) is 5.91 Å². The number of amides is 2. The molecule has 1 fully saturated rings. The number of esters is 2. The molecule has 3 heterocycles. The molecule has 0 aliphatic carbocycles. The molecule has 222 valence electrons. The van der Waals surface area contributed by atoms with E-state index in [9.17, 15) is 19.2 Å². The molecule has 2 aliphatic rings.